The van der Waals surface area contributed by atoms with Gasteiger partial charge in [0.2, 0.25) is 5.89 Å². The Morgan fingerprint density at radius 2 is 2.21 bits per heavy atom. The van der Waals surface area contributed by atoms with E-state index in [1.807, 2.05) is 24.3 Å². The molecule has 0 aliphatic heterocycles. The molecule has 6 heteroatoms. The van der Waals surface area contributed by atoms with Gasteiger partial charge in [0.05, 0.1) is 12.1 Å². The van der Waals surface area contributed by atoms with Crippen LogP contribution in [0.4, 0.5) is 0 Å². The van der Waals surface area contributed by atoms with Crippen LogP contribution in [0.5, 0.6) is 0 Å². The summed E-state index contributed by atoms with van der Waals surface area (Å²) in [4.78, 5) is 17.1. The normalized spacial score (nSPS) is 10.4. The average Bonchev–Trinajstić information content (AvgIpc) is 2.83. The summed E-state index contributed by atoms with van der Waals surface area (Å²) in [5.41, 5.74) is 0.672. The first kappa shape index (κ1) is 13.6. The largest absolute Gasteiger partial charge is 0.343 e. The molecule has 1 aromatic heterocycles. The van der Waals surface area contributed by atoms with Crippen molar-refractivity contribution >= 4 is 17.7 Å². The molecule has 1 aromatic carbocycles. The van der Waals surface area contributed by atoms with Gasteiger partial charge in [-0.25, -0.2) is 0 Å². The topological polar surface area (TPSA) is 68.0 Å². The molecule has 2 rings (SSSR count). The highest BCUT2D eigenvalue weighted by molar-refractivity contribution is 7.99. The van der Waals surface area contributed by atoms with Crippen molar-refractivity contribution in [1.82, 2.24) is 15.5 Å². The molecule has 100 valence electrons. The number of nitrogens with zero attached hydrogens (tertiary/aromatic N) is 2. The lowest BCUT2D eigenvalue weighted by molar-refractivity contribution is 0.0943. The van der Waals surface area contributed by atoms with Crippen molar-refractivity contribution in [3.05, 3.63) is 41.5 Å². The van der Waals surface area contributed by atoms with Crippen LogP contribution in [0.1, 0.15) is 29.0 Å². The third-order valence-electron chi connectivity index (χ3n) is 2.40. The molecule has 0 saturated carbocycles. The number of hydrogen-bond donors (Lipinski definition) is 1. The van der Waals surface area contributed by atoms with Gasteiger partial charge >= 0.3 is 0 Å². The number of amides is 1. The zero-order valence-corrected chi connectivity index (χ0v) is 11.7. The third kappa shape index (κ3) is 3.57. The van der Waals surface area contributed by atoms with Crippen molar-refractivity contribution in [2.75, 3.05) is 5.75 Å². The molecule has 0 fully saturated rings. The van der Waals surface area contributed by atoms with Crippen LogP contribution in [-0.2, 0) is 6.54 Å². The van der Waals surface area contributed by atoms with Gasteiger partial charge in [0.1, 0.15) is 0 Å². The highest BCUT2D eigenvalue weighted by atomic mass is 32.2. The third-order valence-corrected chi connectivity index (χ3v) is 3.36. The van der Waals surface area contributed by atoms with Crippen molar-refractivity contribution in [3.63, 3.8) is 0 Å². The zero-order chi connectivity index (χ0) is 13.7. The number of benzene rings is 1. The lowest BCUT2D eigenvalue weighted by atomic mass is 10.2. The standard InChI is InChI=1S/C13H15N3O2S/c1-3-19-11-7-5-4-6-10(11)13(17)14-8-12-15-9(2)16-18-12/h4-7H,3,8H2,1-2H3,(H,14,17). The molecule has 1 N–H and O–H groups in total. The van der Waals surface area contributed by atoms with E-state index in [1.165, 1.54) is 0 Å². The van der Waals surface area contributed by atoms with Gasteiger partial charge in [0, 0.05) is 4.90 Å². The fourth-order valence-corrected chi connectivity index (χ4v) is 2.40. The minimum Gasteiger partial charge on any atom is -0.343 e. The molecule has 1 heterocycles. The highest BCUT2D eigenvalue weighted by Crippen LogP contribution is 2.22. The molecule has 19 heavy (non-hydrogen) atoms. The molecule has 5 nitrogen and oxygen atoms in total. The summed E-state index contributed by atoms with van der Waals surface area (Å²) < 4.78 is 4.95. The van der Waals surface area contributed by atoms with Crippen LogP contribution in [0.2, 0.25) is 0 Å². The van der Waals surface area contributed by atoms with Gasteiger partial charge in [-0.15, -0.1) is 11.8 Å². The summed E-state index contributed by atoms with van der Waals surface area (Å²) in [6.45, 7) is 4.04. The van der Waals surface area contributed by atoms with Gasteiger partial charge in [-0.05, 0) is 24.8 Å². The van der Waals surface area contributed by atoms with E-state index < -0.39 is 0 Å². The van der Waals surface area contributed by atoms with E-state index in [0.29, 0.717) is 17.3 Å². The summed E-state index contributed by atoms with van der Waals surface area (Å²) in [7, 11) is 0. The molecule has 0 bridgehead atoms. The monoisotopic (exact) mass is 277 g/mol. The van der Waals surface area contributed by atoms with Crippen LogP contribution in [0, 0.1) is 6.92 Å². The predicted octanol–water partition coefficient (Wildman–Crippen LogP) is 2.42. The molecule has 0 spiro atoms. The Labute approximate surface area is 115 Å². The summed E-state index contributed by atoms with van der Waals surface area (Å²) >= 11 is 1.64. The van der Waals surface area contributed by atoms with Gasteiger partial charge in [-0.2, -0.15) is 4.98 Å². The minimum absolute atomic E-state index is 0.132. The van der Waals surface area contributed by atoms with Crippen molar-refractivity contribution in [2.45, 2.75) is 25.3 Å². The zero-order valence-electron chi connectivity index (χ0n) is 10.8. The van der Waals surface area contributed by atoms with Gasteiger partial charge in [-0.3, -0.25) is 4.79 Å². The molecule has 0 saturated heterocycles. The number of carbonyl (C=O) groups is 1. The van der Waals surface area contributed by atoms with Crippen LogP contribution in [-0.4, -0.2) is 21.8 Å². The van der Waals surface area contributed by atoms with Crippen molar-refractivity contribution in [2.24, 2.45) is 0 Å². The van der Waals surface area contributed by atoms with Gasteiger partial charge in [-0.1, -0.05) is 24.2 Å². The first-order chi connectivity index (χ1) is 9.20. The average molecular weight is 277 g/mol. The molecule has 0 aliphatic rings. The second-order valence-corrected chi connectivity index (χ2v) is 5.15. The van der Waals surface area contributed by atoms with Crippen molar-refractivity contribution in [1.29, 1.82) is 0 Å². The summed E-state index contributed by atoms with van der Waals surface area (Å²) in [6.07, 6.45) is 0. The second kappa shape index (κ2) is 6.38. The molecule has 1 amide bonds. The van der Waals surface area contributed by atoms with Gasteiger partial charge in [0.15, 0.2) is 5.82 Å². The summed E-state index contributed by atoms with van der Waals surface area (Å²) in [5, 5.41) is 6.45. The van der Waals surface area contributed by atoms with E-state index >= 15 is 0 Å². The Morgan fingerprint density at radius 3 is 2.89 bits per heavy atom. The number of rotatable bonds is 5. The molecule has 2 aromatic rings. The van der Waals surface area contributed by atoms with Crippen molar-refractivity contribution in [3.8, 4) is 0 Å². The lowest BCUT2D eigenvalue weighted by Crippen LogP contribution is -2.23. The van der Waals surface area contributed by atoms with Gasteiger partial charge < -0.3 is 9.84 Å². The quantitative estimate of drug-likeness (QED) is 0.850. The Bertz CT molecular complexity index is 569. The predicted molar refractivity (Wildman–Crippen MR) is 73.0 cm³/mol. The van der Waals surface area contributed by atoms with Crippen LogP contribution >= 0.6 is 11.8 Å². The van der Waals surface area contributed by atoms with E-state index in [9.17, 15) is 4.79 Å². The maximum Gasteiger partial charge on any atom is 0.252 e. The van der Waals surface area contributed by atoms with E-state index in [4.69, 9.17) is 4.52 Å². The molecular weight excluding hydrogens is 262 g/mol. The van der Waals surface area contributed by atoms with E-state index in [2.05, 4.69) is 22.4 Å². The number of nitrogens with one attached hydrogen (secondary N) is 1. The Balaban J connectivity index is 2.03. The Hall–Kier alpha value is -1.82. The fourth-order valence-electron chi connectivity index (χ4n) is 1.60. The van der Waals surface area contributed by atoms with Crippen LogP contribution in [0.25, 0.3) is 0 Å². The molecule has 0 atom stereocenters. The van der Waals surface area contributed by atoms with Crippen LogP contribution < -0.4 is 5.32 Å². The van der Waals surface area contributed by atoms with E-state index in [0.717, 1.165) is 10.6 Å². The van der Waals surface area contributed by atoms with E-state index in [-0.39, 0.29) is 12.5 Å². The van der Waals surface area contributed by atoms with Crippen LogP contribution in [0.15, 0.2) is 33.7 Å². The Kier molecular flexibility index (Phi) is 4.57. The smallest absolute Gasteiger partial charge is 0.252 e. The molecule has 0 aliphatic carbocycles. The number of aromatic nitrogens is 2. The second-order valence-electron chi connectivity index (χ2n) is 3.85. The van der Waals surface area contributed by atoms with Crippen LogP contribution in [0.3, 0.4) is 0 Å². The number of thioether (sulfide) groups is 1. The summed E-state index contributed by atoms with van der Waals surface area (Å²) in [5.74, 6) is 1.76. The maximum atomic E-state index is 12.1. The fraction of sp³-hybridized carbons (Fsp3) is 0.308. The first-order valence-corrected chi connectivity index (χ1v) is 6.98. The highest BCUT2D eigenvalue weighted by Gasteiger charge is 2.12. The first-order valence-electron chi connectivity index (χ1n) is 6.00. The SMILES string of the molecule is CCSc1ccccc1C(=O)NCc1nc(C)no1. The Morgan fingerprint density at radius 1 is 1.42 bits per heavy atom. The minimum atomic E-state index is -0.132. The molecule has 0 unspecified atom stereocenters. The molecule has 0 radical (unpaired) electrons. The number of aryl methyl sites for hydroxylation is 1. The van der Waals surface area contributed by atoms with E-state index in [1.54, 1.807) is 18.7 Å². The lowest BCUT2D eigenvalue weighted by Gasteiger charge is -2.07. The molecular formula is C13H15N3O2S. The van der Waals surface area contributed by atoms with Crippen molar-refractivity contribution < 1.29 is 9.32 Å². The summed E-state index contributed by atoms with van der Waals surface area (Å²) in [6, 6.07) is 7.54. The maximum absolute atomic E-state index is 12.1. The number of hydrogen-bond acceptors (Lipinski definition) is 5. The van der Waals surface area contributed by atoms with Gasteiger partial charge in [0.25, 0.3) is 5.91 Å². The number of carbonyl (C=O) groups excluding carboxylic acids is 1.